The Bertz CT molecular complexity index is 1390. The summed E-state index contributed by atoms with van der Waals surface area (Å²) in [7, 11) is 1.60. The first-order valence-electron chi connectivity index (χ1n) is 14.9. The molecule has 2 aliphatic carbocycles. The molecule has 1 fully saturated rings. The molecule has 1 unspecified atom stereocenters. The summed E-state index contributed by atoms with van der Waals surface area (Å²) in [5.74, 6) is 1.33. The zero-order chi connectivity index (χ0) is 29.7. The van der Waals surface area contributed by atoms with Crippen LogP contribution in [0.3, 0.4) is 0 Å². The third-order valence-electron chi connectivity index (χ3n) is 8.62. The van der Waals surface area contributed by atoms with E-state index in [0.717, 1.165) is 19.3 Å². The van der Waals surface area contributed by atoms with Crippen molar-refractivity contribution < 1.29 is 19.4 Å². The fourth-order valence-electron chi connectivity index (χ4n) is 6.51. The Morgan fingerprint density at radius 3 is 2.21 bits per heavy atom. The Balaban J connectivity index is 1.63. The Morgan fingerprint density at radius 1 is 0.952 bits per heavy atom. The summed E-state index contributed by atoms with van der Waals surface area (Å²) in [5.41, 5.74) is 2.34. The molecule has 0 saturated heterocycles. The number of allylic oxidation sites excluding steroid dienone is 3. The number of aliphatic hydroxyl groups is 1. The van der Waals surface area contributed by atoms with E-state index in [-0.39, 0.29) is 6.10 Å². The molecule has 42 heavy (non-hydrogen) atoms. The van der Waals surface area contributed by atoms with E-state index in [9.17, 15) is 9.90 Å². The number of carbonyl (C=O) groups is 1. The van der Waals surface area contributed by atoms with Crippen molar-refractivity contribution in [1.82, 2.24) is 5.32 Å². The number of nitrogens with one attached hydrogen (secondary N) is 1. The number of alkyl halides is 1. The zero-order valence-corrected chi connectivity index (χ0v) is 25.3. The third kappa shape index (κ3) is 5.99. The molecule has 1 amide bonds. The van der Waals surface area contributed by atoms with E-state index in [1.807, 2.05) is 91.0 Å². The Labute approximate surface area is 254 Å². The van der Waals surface area contributed by atoms with Gasteiger partial charge in [0.05, 0.1) is 12.5 Å². The van der Waals surface area contributed by atoms with Crippen molar-refractivity contribution in [3.8, 4) is 5.75 Å². The number of rotatable bonds is 8. The number of benzene rings is 3. The van der Waals surface area contributed by atoms with Crippen LogP contribution in [0.5, 0.6) is 5.75 Å². The van der Waals surface area contributed by atoms with Crippen LogP contribution >= 0.6 is 11.6 Å². The molecule has 220 valence electrons. The Hall–Kier alpha value is -3.54. The lowest BCUT2D eigenvalue weighted by Crippen LogP contribution is -2.37. The molecule has 3 atom stereocenters. The average Bonchev–Trinajstić information content (AvgIpc) is 3.01. The van der Waals surface area contributed by atoms with Gasteiger partial charge in [0.25, 0.3) is 0 Å². The van der Waals surface area contributed by atoms with Gasteiger partial charge in [0, 0.05) is 22.4 Å². The number of carbonyl (C=O) groups excluding carboxylic acids is 1. The van der Waals surface area contributed by atoms with E-state index >= 15 is 0 Å². The summed E-state index contributed by atoms with van der Waals surface area (Å²) in [6, 6.07) is 24.8. The molecule has 5 nitrogen and oxygen atoms in total. The van der Waals surface area contributed by atoms with Gasteiger partial charge in [-0.25, -0.2) is 4.79 Å². The highest BCUT2D eigenvalue weighted by atomic mass is 35.5. The van der Waals surface area contributed by atoms with Crippen molar-refractivity contribution in [3.63, 3.8) is 0 Å². The van der Waals surface area contributed by atoms with Gasteiger partial charge in [-0.15, -0.1) is 11.6 Å². The second-order valence-electron chi connectivity index (χ2n) is 11.5. The van der Waals surface area contributed by atoms with Crippen molar-refractivity contribution in [2.45, 2.75) is 63.0 Å². The van der Waals surface area contributed by atoms with E-state index in [1.165, 1.54) is 6.42 Å². The van der Waals surface area contributed by atoms with Crippen molar-refractivity contribution in [3.05, 3.63) is 119 Å². The molecule has 3 aromatic rings. The highest BCUT2D eigenvalue weighted by molar-refractivity contribution is 6.27. The van der Waals surface area contributed by atoms with E-state index in [1.54, 1.807) is 7.11 Å². The lowest BCUT2D eigenvalue weighted by atomic mass is 9.76. The number of alkyl carbamates (subject to hydrolysis) is 1. The lowest BCUT2D eigenvalue weighted by molar-refractivity contribution is 0.0218. The summed E-state index contributed by atoms with van der Waals surface area (Å²) in [4.78, 5) is 13.4. The molecule has 0 bridgehead atoms. The number of hydrogen-bond donors (Lipinski definition) is 2. The zero-order valence-electron chi connectivity index (χ0n) is 24.6. The molecule has 0 heterocycles. The molecule has 0 radical (unpaired) electrons. The standard InChI is InChI=1S/C36H40ClNO4/c1-24(2)27-18-10-11-22-31(27)42-35(39)38-30-21-13-20-29(37)34(30)33-28(19-12-23-32(33)41-3)36(40,25-14-6-4-7-15-25)26-16-8-5-9-17-26/h4-9,12-17,19,21,23-24,27,29,31,40H,10-11,18,20,22H2,1-3H3,(H,38,39)/t27-,29?,31+/m0/s1. The highest BCUT2D eigenvalue weighted by Gasteiger charge is 2.39. The molecule has 0 aromatic heterocycles. The lowest BCUT2D eigenvalue weighted by Gasteiger charge is -2.35. The molecule has 1 saturated carbocycles. The van der Waals surface area contributed by atoms with Gasteiger partial charge in [-0.05, 0) is 60.8 Å². The molecule has 6 heteroatoms. The first-order chi connectivity index (χ1) is 20.3. The maximum absolute atomic E-state index is 13.4. The minimum Gasteiger partial charge on any atom is -0.496 e. The number of ether oxygens (including phenoxy) is 2. The predicted molar refractivity (Wildman–Crippen MR) is 168 cm³/mol. The summed E-state index contributed by atoms with van der Waals surface area (Å²) in [6.07, 6.45) is 7.92. The SMILES string of the molecule is COc1cccc(C(O)(c2ccccc2)c2ccccc2)c1C1=C(NC(=O)O[C@@H]2CCCC[C@H]2C(C)C)C=CCC1Cl. The third-order valence-corrected chi connectivity index (χ3v) is 9.02. The van der Waals surface area contributed by atoms with Crippen LogP contribution in [0.25, 0.3) is 5.57 Å². The van der Waals surface area contributed by atoms with Crippen LogP contribution in [0.2, 0.25) is 0 Å². The Kier molecular flexibility index (Phi) is 9.40. The monoisotopic (exact) mass is 585 g/mol. The van der Waals surface area contributed by atoms with Crippen LogP contribution in [0.15, 0.2) is 96.7 Å². The van der Waals surface area contributed by atoms with Gasteiger partial charge < -0.3 is 14.6 Å². The molecule has 0 aliphatic heterocycles. The average molecular weight is 586 g/mol. The quantitative estimate of drug-likeness (QED) is 0.206. The van der Waals surface area contributed by atoms with E-state index in [0.29, 0.717) is 57.5 Å². The van der Waals surface area contributed by atoms with E-state index in [4.69, 9.17) is 21.1 Å². The molecule has 2 N–H and O–H groups in total. The molecular formula is C36H40ClNO4. The van der Waals surface area contributed by atoms with Crippen LogP contribution in [-0.2, 0) is 10.3 Å². The minimum absolute atomic E-state index is 0.120. The number of halogens is 1. The summed E-state index contributed by atoms with van der Waals surface area (Å²) >= 11 is 7.06. The Morgan fingerprint density at radius 2 is 1.60 bits per heavy atom. The van der Waals surface area contributed by atoms with Gasteiger partial charge >= 0.3 is 6.09 Å². The molecular weight excluding hydrogens is 546 g/mol. The smallest absolute Gasteiger partial charge is 0.411 e. The van der Waals surface area contributed by atoms with Crippen LogP contribution < -0.4 is 10.1 Å². The summed E-state index contributed by atoms with van der Waals surface area (Å²) < 4.78 is 11.9. The van der Waals surface area contributed by atoms with Gasteiger partial charge in [0.15, 0.2) is 0 Å². The van der Waals surface area contributed by atoms with Crippen molar-refractivity contribution in [2.75, 3.05) is 7.11 Å². The van der Waals surface area contributed by atoms with Crippen molar-refractivity contribution >= 4 is 23.3 Å². The van der Waals surface area contributed by atoms with Crippen molar-refractivity contribution in [2.24, 2.45) is 11.8 Å². The number of methoxy groups -OCH3 is 1. The van der Waals surface area contributed by atoms with Gasteiger partial charge in [0.2, 0.25) is 0 Å². The minimum atomic E-state index is -1.53. The fourth-order valence-corrected chi connectivity index (χ4v) is 6.84. The number of amides is 1. The molecule has 5 rings (SSSR count). The summed E-state index contributed by atoms with van der Waals surface area (Å²) in [6.45, 7) is 4.38. The summed E-state index contributed by atoms with van der Waals surface area (Å²) in [5, 5.41) is 15.3. The van der Waals surface area contributed by atoms with Gasteiger partial charge in [-0.2, -0.15) is 0 Å². The predicted octanol–water partition coefficient (Wildman–Crippen LogP) is 8.20. The number of hydrogen-bond acceptors (Lipinski definition) is 4. The van der Waals surface area contributed by atoms with Crippen LogP contribution in [-0.4, -0.2) is 29.8 Å². The highest BCUT2D eigenvalue weighted by Crippen LogP contribution is 2.46. The normalized spacial score (nSPS) is 20.9. The molecule has 3 aromatic carbocycles. The van der Waals surface area contributed by atoms with Crippen LogP contribution in [0.1, 0.15) is 68.2 Å². The second-order valence-corrected chi connectivity index (χ2v) is 12.0. The maximum atomic E-state index is 13.4. The first-order valence-corrected chi connectivity index (χ1v) is 15.3. The van der Waals surface area contributed by atoms with Crippen LogP contribution in [0.4, 0.5) is 4.79 Å². The fraction of sp³-hybridized carbons (Fsp3) is 0.361. The second kappa shape index (κ2) is 13.2. The van der Waals surface area contributed by atoms with E-state index < -0.39 is 17.1 Å². The van der Waals surface area contributed by atoms with Gasteiger partial charge in [-0.1, -0.05) is 99.1 Å². The molecule has 2 aliphatic rings. The molecule has 0 spiro atoms. The van der Waals surface area contributed by atoms with Gasteiger partial charge in [0.1, 0.15) is 17.5 Å². The largest absolute Gasteiger partial charge is 0.496 e. The van der Waals surface area contributed by atoms with E-state index in [2.05, 4.69) is 19.2 Å². The van der Waals surface area contributed by atoms with Crippen LogP contribution in [0, 0.1) is 11.8 Å². The topological polar surface area (TPSA) is 67.8 Å². The first kappa shape index (κ1) is 29.9. The van der Waals surface area contributed by atoms with Crippen molar-refractivity contribution in [1.29, 1.82) is 0 Å². The maximum Gasteiger partial charge on any atom is 0.411 e. The van der Waals surface area contributed by atoms with Gasteiger partial charge in [-0.3, -0.25) is 5.32 Å².